The molecule has 0 bridgehead atoms. The number of aromatic nitrogens is 3. The molecule has 0 amide bonds. The number of benzene rings is 1. The Kier molecular flexibility index (Phi) is 2.71. The maximum Gasteiger partial charge on any atom is 0.178 e. The van der Waals surface area contributed by atoms with Crippen LogP contribution in [-0.2, 0) is 0 Å². The van der Waals surface area contributed by atoms with E-state index in [1.807, 2.05) is 39.2 Å². The standard InChI is InChI=1S/C15H16N4/c1-10-7-8-13-15(16-10)18-14(17-13)11-5-4-6-12(9-11)19(2)3/h4-9H,1-3H3,(H,16,17,18). The molecule has 0 aliphatic heterocycles. The Morgan fingerprint density at radius 1 is 1.05 bits per heavy atom. The Balaban J connectivity index is 2.11. The first-order valence-corrected chi connectivity index (χ1v) is 6.24. The third kappa shape index (κ3) is 2.17. The Labute approximate surface area is 112 Å². The van der Waals surface area contributed by atoms with Crippen LogP contribution in [0.15, 0.2) is 36.4 Å². The Hall–Kier alpha value is -2.36. The number of rotatable bonds is 2. The molecule has 0 radical (unpaired) electrons. The van der Waals surface area contributed by atoms with Crippen LogP contribution in [0, 0.1) is 6.92 Å². The van der Waals surface area contributed by atoms with E-state index in [-0.39, 0.29) is 0 Å². The number of pyridine rings is 1. The van der Waals surface area contributed by atoms with Gasteiger partial charge >= 0.3 is 0 Å². The van der Waals surface area contributed by atoms with Gasteiger partial charge < -0.3 is 9.88 Å². The highest BCUT2D eigenvalue weighted by Crippen LogP contribution is 2.23. The van der Waals surface area contributed by atoms with Crippen molar-refractivity contribution in [1.29, 1.82) is 0 Å². The number of hydrogen-bond donors (Lipinski definition) is 1. The Morgan fingerprint density at radius 3 is 2.68 bits per heavy atom. The zero-order valence-electron chi connectivity index (χ0n) is 11.3. The molecule has 0 saturated carbocycles. The third-order valence-electron chi connectivity index (χ3n) is 3.12. The van der Waals surface area contributed by atoms with Crippen LogP contribution in [-0.4, -0.2) is 29.0 Å². The molecule has 2 aromatic heterocycles. The van der Waals surface area contributed by atoms with E-state index in [1.165, 1.54) is 0 Å². The molecule has 1 N–H and O–H groups in total. The topological polar surface area (TPSA) is 44.8 Å². The van der Waals surface area contributed by atoms with Crippen molar-refractivity contribution < 1.29 is 0 Å². The molecule has 0 aliphatic carbocycles. The normalized spacial score (nSPS) is 10.9. The summed E-state index contributed by atoms with van der Waals surface area (Å²) in [6.07, 6.45) is 0. The van der Waals surface area contributed by atoms with E-state index in [4.69, 9.17) is 0 Å². The van der Waals surface area contributed by atoms with Gasteiger partial charge in [-0.05, 0) is 31.2 Å². The molecule has 19 heavy (non-hydrogen) atoms. The molecular formula is C15H16N4. The molecule has 0 spiro atoms. The van der Waals surface area contributed by atoms with Crippen LogP contribution in [0.5, 0.6) is 0 Å². The van der Waals surface area contributed by atoms with E-state index in [2.05, 4.69) is 38.1 Å². The number of aryl methyl sites for hydroxylation is 1. The van der Waals surface area contributed by atoms with Gasteiger partial charge in [-0.25, -0.2) is 9.97 Å². The van der Waals surface area contributed by atoms with E-state index in [0.717, 1.165) is 33.9 Å². The van der Waals surface area contributed by atoms with Gasteiger partial charge in [0, 0.05) is 31.0 Å². The summed E-state index contributed by atoms with van der Waals surface area (Å²) in [5.41, 5.74) is 4.94. The number of imidazole rings is 1. The maximum absolute atomic E-state index is 4.56. The van der Waals surface area contributed by atoms with Crippen LogP contribution < -0.4 is 4.90 Å². The second kappa shape index (κ2) is 4.39. The maximum atomic E-state index is 4.56. The summed E-state index contributed by atoms with van der Waals surface area (Å²) in [7, 11) is 4.06. The van der Waals surface area contributed by atoms with Gasteiger partial charge in [0.25, 0.3) is 0 Å². The Bertz CT molecular complexity index is 728. The van der Waals surface area contributed by atoms with Crippen molar-refractivity contribution in [3.05, 3.63) is 42.1 Å². The first-order chi connectivity index (χ1) is 9.13. The summed E-state index contributed by atoms with van der Waals surface area (Å²) >= 11 is 0. The average molecular weight is 252 g/mol. The molecule has 0 atom stereocenters. The first kappa shape index (κ1) is 11.7. The summed E-state index contributed by atoms with van der Waals surface area (Å²) < 4.78 is 0. The van der Waals surface area contributed by atoms with Crippen LogP contribution in [0.3, 0.4) is 0 Å². The molecule has 4 nitrogen and oxygen atoms in total. The molecule has 0 saturated heterocycles. The van der Waals surface area contributed by atoms with Crippen LogP contribution in [0.4, 0.5) is 5.69 Å². The number of nitrogens with one attached hydrogen (secondary N) is 1. The van der Waals surface area contributed by atoms with Crippen LogP contribution >= 0.6 is 0 Å². The quantitative estimate of drug-likeness (QED) is 0.762. The van der Waals surface area contributed by atoms with Gasteiger partial charge in [-0.3, -0.25) is 0 Å². The zero-order chi connectivity index (χ0) is 13.4. The lowest BCUT2D eigenvalue weighted by Gasteiger charge is -2.12. The second-order valence-electron chi connectivity index (χ2n) is 4.85. The fourth-order valence-electron chi connectivity index (χ4n) is 2.06. The third-order valence-corrected chi connectivity index (χ3v) is 3.12. The highest BCUT2D eigenvalue weighted by atomic mass is 15.1. The van der Waals surface area contributed by atoms with Gasteiger partial charge in [-0.1, -0.05) is 12.1 Å². The molecule has 0 aliphatic rings. The summed E-state index contributed by atoms with van der Waals surface area (Å²) in [6, 6.07) is 12.3. The fraction of sp³-hybridized carbons (Fsp3) is 0.200. The molecule has 0 unspecified atom stereocenters. The van der Waals surface area contributed by atoms with E-state index < -0.39 is 0 Å². The van der Waals surface area contributed by atoms with Crippen molar-refractivity contribution in [2.75, 3.05) is 19.0 Å². The van der Waals surface area contributed by atoms with Crippen LogP contribution in [0.25, 0.3) is 22.6 Å². The van der Waals surface area contributed by atoms with Crippen LogP contribution in [0.1, 0.15) is 5.69 Å². The van der Waals surface area contributed by atoms with Crippen molar-refractivity contribution in [2.45, 2.75) is 6.92 Å². The van der Waals surface area contributed by atoms with E-state index in [9.17, 15) is 0 Å². The Morgan fingerprint density at radius 2 is 1.89 bits per heavy atom. The van der Waals surface area contributed by atoms with E-state index in [1.54, 1.807) is 0 Å². The van der Waals surface area contributed by atoms with Crippen LogP contribution in [0.2, 0.25) is 0 Å². The molecule has 3 rings (SSSR count). The summed E-state index contributed by atoms with van der Waals surface area (Å²) in [5.74, 6) is 0.858. The predicted octanol–water partition coefficient (Wildman–Crippen LogP) is 3.00. The molecule has 3 aromatic rings. The number of fused-ring (bicyclic) bond motifs is 1. The lowest BCUT2D eigenvalue weighted by molar-refractivity contribution is 1.13. The number of aromatic amines is 1. The van der Waals surface area contributed by atoms with Gasteiger partial charge in [0.1, 0.15) is 5.82 Å². The molecular weight excluding hydrogens is 236 g/mol. The van der Waals surface area contributed by atoms with Crippen molar-refractivity contribution in [3.63, 3.8) is 0 Å². The summed E-state index contributed by atoms with van der Waals surface area (Å²) in [5, 5.41) is 0. The van der Waals surface area contributed by atoms with Crippen molar-refractivity contribution in [1.82, 2.24) is 15.0 Å². The number of H-pyrrole nitrogens is 1. The van der Waals surface area contributed by atoms with Gasteiger partial charge in [-0.15, -0.1) is 0 Å². The average Bonchev–Trinajstić information content (AvgIpc) is 2.81. The van der Waals surface area contributed by atoms with Gasteiger partial charge in [0.05, 0.1) is 5.52 Å². The number of nitrogens with zero attached hydrogens (tertiary/aromatic N) is 3. The van der Waals surface area contributed by atoms with E-state index >= 15 is 0 Å². The van der Waals surface area contributed by atoms with Crippen molar-refractivity contribution in [3.8, 4) is 11.4 Å². The van der Waals surface area contributed by atoms with E-state index in [0.29, 0.717) is 0 Å². The summed E-state index contributed by atoms with van der Waals surface area (Å²) in [4.78, 5) is 14.4. The smallest absolute Gasteiger partial charge is 0.178 e. The monoisotopic (exact) mass is 252 g/mol. The highest BCUT2D eigenvalue weighted by Gasteiger charge is 2.07. The lowest BCUT2D eigenvalue weighted by Crippen LogP contribution is -2.08. The molecule has 2 heterocycles. The molecule has 1 aromatic carbocycles. The number of anilines is 1. The van der Waals surface area contributed by atoms with Crippen molar-refractivity contribution in [2.24, 2.45) is 0 Å². The van der Waals surface area contributed by atoms with Gasteiger partial charge in [0.15, 0.2) is 5.65 Å². The zero-order valence-corrected chi connectivity index (χ0v) is 11.3. The van der Waals surface area contributed by atoms with Crippen molar-refractivity contribution >= 4 is 16.9 Å². The molecule has 0 fully saturated rings. The second-order valence-corrected chi connectivity index (χ2v) is 4.85. The SMILES string of the molecule is Cc1ccc2[nH]c(-c3cccc(N(C)C)c3)nc2n1. The first-order valence-electron chi connectivity index (χ1n) is 6.24. The van der Waals surface area contributed by atoms with Gasteiger partial charge in [-0.2, -0.15) is 0 Å². The minimum absolute atomic E-state index is 0.769. The predicted molar refractivity (Wildman–Crippen MR) is 78.4 cm³/mol. The lowest BCUT2D eigenvalue weighted by atomic mass is 10.2. The molecule has 4 heteroatoms. The van der Waals surface area contributed by atoms with Gasteiger partial charge in [0.2, 0.25) is 0 Å². The summed E-state index contributed by atoms with van der Waals surface area (Å²) in [6.45, 7) is 1.97. The minimum atomic E-state index is 0.769. The molecule has 96 valence electrons. The largest absolute Gasteiger partial charge is 0.378 e. The highest BCUT2D eigenvalue weighted by molar-refractivity contribution is 5.76. The minimum Gasteiger partial charge on any atom is -0.378 e. The number of hydrogen-bond acceptors (Lipinski definition) is 3. The fourth-order valence-corrected chi connectivity index (χ4v) is 2.06.